The lowest BCUT2D eigenvalue weighted by molar-refractivity contribution is -0.116. The van der Waals surface area contributed by atoms with Crippen LogP contribution in [0.4, 0.5) is 5.69 Å². The molecule has 2 aromatic rings. The Morgan fingerprint density at radius 3 is 2.71 bits per heavy atom. The molecule has 1 N–H and O–H groups in total. The number of hydrogen-bond donors (Lipinski definition) is 1. The second-order valence-corrected chi connectivity index (χ2v) is 5.60. The van der Waals surface area contributed by atoms with Gasteiger partial charge in [0, 0.05) is 12.8 Å². The van der Waals surface area contributed by atoms with Gasteiger partial charge in [-0.15, -0.1) is 11.3 Å². The molecular weight excluding hydrogens is 286 g/mol. The van der Waals surface area contributed by atoms with E-state index in [0.717, 1.165) is 5.56 Å². The van der Waals surface area contributed by atoms with Gasteiger partial charge in [0.05, 0.1) is 17.7 Å². The van der Waals surface area contributed by atoms with Crippen LogP contribution in [0.5, 0.6) is 5.75 Å². The molecular formula is C16H17NO3S. The molecule has 4 nitrogen and oxygen atoms in total. The van der Waals surface area contributed by atoms with E-state index in [9.17, 15) is 9.59 Å². The van der Waals surface area contributed by atoms with Gasteiger partial charge >= 0.3 is 0 Å². The van der Waals surface area contributed by atoms with E-state index in [1.807, 2.05) is 36.6 Å². The molecule has 2 rings (SSSR count). The fourth-order valence-corrected chi connectivity index (χ4v) is 2.61. The van der Waals surface area contributed by atoms with Crippen LogP contribution in [0.3, 0.4) is 0 Å². The van der Waals surface area contributed by atoms with Gasteiger partial charge < -0.3 is 10.1 Å². The van der Waals surface area contributed by atoms with Gasteiger partial charge in [0.25, 0.3) is 0 Å². The van der Waals surface area contributed by atoms with Crippen LogP contribution in [-0.2, 0) is 4.79 Å². The van der Waals surface area contributed by atoms with E-state index in [1.54, 1.807) is 13.2 Å². The van der Waals surface area contributed by atoms with Crippen molar-refractivity contribution in [2.24, 2.45) is 0 Å². The summed E-state index contributed by atoms with van der Waals surface area (Å²) >= 11 is 1.39. The standard InChI is InChI=1S/C16H17NO3S/c1-11-5-7-14(20-2)12(10-11)17-16(19)8-6-13(18)15-4-3-9-21-15/h3-5,7,9-10H,6,8H2,1-2H3,(H,17,19). The Kier molecular flexibility index (Phi) is 5.11. The molecule has 0 aliphatic rings. The van der Waals surface area contributed by atoms with Crippen LogP contribution in [0.15, 0.2) is 35.7 Å². The topological polar surface area (TPSA) is 55.4 Å². The zero-order valence-electron chi connectivity index (χ0n) is 12.0. The summed E-state index contributed by atoms with van der Waals surface area (Å²) in [6.45, 7) is 1.94. The Morgan fingerprint density at radius 2 is 2.05 bits per heavy atom. The van der Waals surface area contributed by atoms with Crippen LogP contribution < -0.4 is 10.1 Å². The molecule has 21 heavy (non-hydrogen) atoms. The van der Waals surface area contributed by atoms with E-state index < -0.39 is 0 Å². The van der Waals surface area contributed by atoms with Crippen LogP contribution in [0.2, 0.25) is 0 Å². The van der Waals surface area contributed by atoms with E-state index in [4.69, 9.17) is 4.74 Å². The Labute approximate surface area is 127 Å². The monoisotopic (exact) mass is 303 g/mol. The van der Waals surface area contributed by atoms with Crippen LogP contribution in [0.25, 0.3) is 0 Å². The Morgan fingerprint density at radius 1 is 1.24 bits per heavy atom. The minimum Gasteiger partial charge on any atom is -0.495 e. The van der Waals surface area contributed by atoms with Crippen molar-refractivity contribution in [3.63, 3.8) is 0 Å². The SMILES string of the molecule is COc1ccc(C)cc1NC(=O)CCC(=O)c1cccs1. The van der Waals surface area contributed by atoms with Crippen molar-refractivity contribution >= 4 is 28.7 Å². The van der Waals surface area contributed by atoms with E-state index in [1.165, 1.54) is 11.3 Å². The molecule has 0 spiro atoms. The summed E-state index contributed by atoms with van der Waals surface area (Å²) in [4.78, 5) is 24.5. The molecule has 0 aliphatic carbocycles. The first-order valence-corrected chi connectivity index (χ1v) is 7.49. The molecule has 0 bridgehead atoms. The van der Waals surface area contributed by atoms with E-state index in [-0.39, 0.29) is 24.5 Å². The molecule has 0 saturated carbocycles. The summed E-state index contributed by atoms with van der Waals surface area (Å²) in [6, 6.07) is 9.17. The second kappa shape index (κ2) is 7.04. The van der Waals surface area contributed by atoms with Crippen molar-refractivity contribution < 1.29 is 14.3 Å². The summed E-state index contributed by atoms with van der Waals surface area (Å²) in [5.74, 6) is 0.415. The number of aryl methyl sites for hydroxylation is 1. The smallest absolute Gasteiger partial charge is 0.224 e. The predicted octanol–water partition coefficient (Wildman–Crippen LogP) is 3.67. The van der Waals surface area contributed by atoms with E-state index >= 15 is 0 Å². The third kappa shape index (κ3) is 4.16. The highest BCUT2D eigenvalue weighted by Gasteiger charge is 2.12. The fourth-order valence-electron chi connectivity index (χ4n) is 1.92. The Balaban J connectivity index is 1.93. The molecule has 1 amide bonds. The summed E-state index contributed by atoms with van der Waals surface area (Å²) < 4.78 is 5.21. The molecule has 0 saturated heterocycles. The van der Waals surface area contributed by atoms with Crippen molar-refractivity contribution in [1.82, 2.24) is 0 Å². The van der Waals surface area contributed by atoms with Crippen molar-refractivity contribution in [3.8, 4) is 5.75 Å². The third-order valence-corrected chi connectivity index (χ3v) is 3.92. The van der Waals surface area contributed by atoms with Crippen LogP contribution in [-0.4, -0.2) is 18.8 Å². The number of hydrogen-bond acceptors (Lipinski definition) is 4. The molecule has 0 aliphatic heterocycles. The molecule has 1 aromatic carbocycles. The van der Waals surface area contributed by atoms with Gasteiger partial charge in [0.2, 0.25) is 5.91 Å². The number of methoxy groups -OCH3 is 1. The first kappa shape index (κ1) is 15.3. The number of ketones is 1. The molecule has 0 radical (unpaired) electrons. The molecule has 1 aromatic heterocycles. The zero-order valence-corrected chi connectivity index (χ0v) is 12.8. The Bertz CT molecular complexity index is 635. The normalized spacial score (nSPS) is 10.2. The van der Waals surface area contributed by atoms with Crippen molar-refractivity contribution in [3.05, 3.63) is 46.2 Å². The lowest BCUT2D eigenvalue weighted by Crippen LogP contribution is -2.14. The number of amides is 1. The summed E-state index contributed by atoms with van der Waals surface area (Å²) in [5, 5.41) is 4.64. The lowest BCUT2D eigenvalue weighted by atomic mass is 10.1. The minimum atomic E-state index is -0.191. The predicted molar refractivity (Wildman–Crippen MR) is 84.2 cm³/mol. The number of carbonyl (C=O) groups excluding carboxylic acids is 2. The number of nitrogens with one attached hydrogen (secondary N) is 1. The van der Waals surface area contributed by atoms with Crippen LogP contribution in [0.1, 0.15) is 28.1 Å². The Hall–Kier alpha value is -2.14. The number of rotatable bonds is 6. The zero-order chi connectivity index (χ0) is 15.2. The van der Waals surface area contributed by atoms with Crippen molar-refractivity contribution in [2.75, 3.05) is 12.4 Å². The maximum atomic E-state index is 12.0. The number of ether oxygens (including phenoxy) is 1. The largest absolute Gasteiger partial charge is 0.495 e. The van der Waals surface area contributed by atoms with Crippen LogP contribution >= 0.6 is 11.3 Å². The first-order valence-electron chi connectivity index (χ1n) is 6.61. The molecule has 0 atom stereocenters. The molecule has 5 heteroatoms. The van der Waals surface area contributed by atoms with Gasteiger partial charge in [-0.25, -0.2) is 0 Å². The number of anilines is 1. The van der Waals surface area contributed by atoms with E-state index in [0.29, 0.717) is 16.3 Å². The summed E-state index contributed by atoms with van der Waals surface area (Å²) in [6.07, 6.45) is 0.369. The van der Waals surface area contributed by atoms with Gasteiger partial charge in [0.15, 0.2) is 5.78 Å². The average molecular weight is 303 g/mol. The van der Waals surface area contributed by atoms with Crippen LogP contribution in [0, 0.1) is 6.92 Å². The number of benzene rings is 1. The summed E-state index contributed by atoms with van der Waals surface area (Å²) in [5.41, 5.74) is 1.66. The van der Waals surface area contributed by atoms with Gasteiger partial charge in [-0.1, -0.05) is 12.1 Å². The first-order chi connectivity index (χ1) is 10.1. The summed E-state index contributed by atoms with van der Waals surface area (Å²) in [7, 11) is 1.56. The molecule has 0 unspecified atom stereocenters. The van der Waals surface area contributed by atoms with E-state index in [2.05, 4.69) is 5.32 Å². The maximum Gasteiger partial charge on any atom is 0.224 e. The van der Waals surface area contributed by atoms with Crippen molar-refractivity contribution in [2.45, 2.75) is 19.8 Å². The minimum absolute atomic E-state index is 0.00337. The molecule has 0 fully saturated rings. The quantitative estimate of drug-likeness (QED) is 0.828. The van der Waals surface area contributed by atoms with Crippen molar-refractivity contribution in [1.29, 1.82) is 0 Å². The fraction of sp³-hybridized carbons (Fsp3) is 0.250. The maximum absolute atomic E-state index is 12.0. The second-order valence-electron chi connectivity index (χ2n) is 4.65. The number of thiophene rings is 1. The van der Waals surface area contributed by atoms with Gasteiger partial charge in [0.1, 0.15) is 5.75 Å². The van der Waals surface area contributed by atoms with Gasteiger partial charge in [-0.3, -0.25) is 9.59 Å². The highest BCUT2D eigenvalue weighted by molar-refractivity contribution is 7.12. The number of carbonyl (C=O) groups is 2. The molecule has 1 heterocycles. The van der Waals surface area contributed by atoms with Gasteiger partial charge in [-0.05, 0) is 36.1 Å². The highest BCUT2D eigenvalue weighted by Crippen LogP contribution is 2.25. The average Bonchev–Trinajstić information content (AvgIpc) is 2.99. The third-order valence-electron chi connectivity index (χ3n) is 3.00. The molecule has 110 valence electrons. The lowest BCUT2D eigenvalue weighted by Gasteiger charge is -2.10. The highest BCUT2D eigenvalue weighted by atomic mass is 32.1. The number of Topliss-reactive ketones (excluding diaryl/α,β-unsaturated/α-hetero) is 1. The van der Waals surface area contributed by atoms with Gasteiger partial charge in [-0.2, -0.15) is 0 Å².